The third kappa shape index (κ3) is 7.27. The van der Waals surface area contributed by atoms with E-state index in [1.165, 1.54) is 30.0 Å². The Bertz CT molecular complexity index is 1580. The zero-order chi connectivity index (χ0) is 29.9. The number of carbonyl (C=O) groups is 2. The molecule has 0 amide bonds. The molecular formula is C30H26ClF3N2O6. The van der Waals surface area contributed by atoms with Crippen molar-refractivity contribution in [2.75, 3.05) is 25.6 Å². The largest absolute Gasteiger partial charge is 0.573 e. The molecule has 1 heterocycles. The van der Waals surface area contributed by atoms with Crippen molar-refractivity contribution in [2.45, 2.75) is 25.2 Å². The summed E-state index contributed by atoms with van der Waals surface area (Å²) in [6.07, 6.45) is -1.70. The minimum Gasteiger partial charge on any atom is -0.497 e. The minimum atomic E-state index is -4.88. The number of carbonyl (C=O) groups excluding carboxylic acids is 2. The Morgan fingerprint density at radius 3 is 2.40 bits per heavy atom. The number of aromatic nitrogens is 1. The lowest BCUT2D eigenvalue weighted by atomic mass is 10.1. The van der Waals surface area contributed by atoms with Crippen LogP contribution in [0.1, 0.15) is 29.2 Å². The van der Waals surface area contributed by atoms with Crippen LogP contribution in [0.3, 0.4) is 0 Å². The van der Waals surface area contributed by atoms with Gasteiger partial charge in [-0.15, -0.1) is 13.2 Å². The number of hydrogen-bond donors (Lipinski definition) is 1. The first-order valence-corrected chi connectivity index (χ1v) is 13.4. The first kappa shape index (κ1) is 29.1. The van der Waals surface area contributed by atoms with E-state index in [9.17, 15) is 22.8 Å². The molecule has 0 radical (unpaired) electrons. The van der Waals surface area contributed by atoms with Crippen molar-refractivity contribution < 1.29 is 41.7 Å². The van der Waals surface area contributed by atoms with Crippen LogP contribution < -0.4 is 19.5 Å². The number of nitrogens with zero attached hydrogens (tertiary/aromatic N) is 1. The Morgan fingerprint density at radius 1 is 0.976 bits per heavy atom. The number of esters is 1. The molecule has 1 aromatic heterocycles. The average molecular weight is 603 g/mol. The Labute approximate surface area is 243 Å². The summed E-state index contributed by atoms with van der Waals surface area (Å²) in [4.78, 5) is 25.7. The maximum absolute atomic E-state index is 14.0. The van der Waals surface area contributed by atoms with E-state index in [0.717, 1.165) is 18.9 Å². The molecule has 1 fully saturated rings. The lowest BCUT2D eigenvalue weighted by Crippen LogP contribution is -2.26. The summed E-state index contributed by atoms with van der Waals surface area (Å²) in [6, 6.07) is 16.0. The fraction of sp³-hybridized carbons (Fsp3) is 0.267. The molecule has 12 heteroatoms. The summed E-state index contributed by atoms with van der Waals surface area (Å²) < 4.78 is 60.3. The summed E-state index contributed by atoms with van der Waals surface area (Å²) in [5.74, 6) is -0.328. The van der Waals surface area contributed by atoms with E-state index in [-0.39, 0.29) is 30.6 Å². The van der Waals surface area contributed by atoms with Gasteiger partial charge in [-0.25, -0.2) is 0 Å². The molecule has 1 aliphatic carbocycles. The van der Waals surface area contributed by atoms with Gasteiger partial charge in [-0.3, -0.25) is 14.2 Å². The van der Waals surface area contributed by atoms with Crippen molar-refractivity contribution in [3.8, 4) is 17.2 Å². The standard InChI is InChI=1S/C30H26ClF3N2O6/c1-39-24-14-22(15-25(16-24)40-12-13-41-29(38)20-2-3-20)35-27(19-4-7-21(31)8-5-19)28(37)36-11-10-18-6-9-23(17-26(18)36)42-30(32,33)34/h4-11,14-17,20,27,35H,2-3,12-13H2,1H3. The molecule has 3 aromatic carbocycles. The Kier molecular flexibility index (Phi) is 8.49. The van der Waals surface area contributed by atoms with Gasteiger partial charge in [0.2, 0.25) is 0 Å². The molecule has 4 aromatic rings. The molecule has 1 saturated carbocycles. The average Bonchev–Trinajstić information content (AvgIpc) is 3.73. The van der Waals surface area contributed by atoms with Crippen molar-refractivity contribution in [2.24, 2.45) is 5.92 Å². The van der Waals surface area contributed by atoms with Gasteiger partial charge in [-0.05, 0) is 48.7 Å². The monoisotopic (exact) mass is 602 g/mol. The van der Waals surface area contributed by atoms with E-state index in [2.05, 4.69) is 10.1 Å². The highest BCUT2D eigenvalue weighted by atomic mass is 35.5. The van der Waals surface area contributed by atoms with Crippen molar-refractivity contribution in [1.29, 1.82) is 0 Å². The van der Waals surface area contributed by atoms with Gasteiger partial charge in [0.25, 0.3) is 5.91 Å². The van der Waals surface area contributed by atoms with Gasteiger partial charge in [-0.2, -0.15) is 0 Å². The van der Waals surface area contributed by atoms with Crippen molar-refractivity contribution in [1.82, 2.24) is 4.57 Å². The van der Waals surface area contributed by atoms with Crippen LogP contribution in [-0.2, 0) is 9.53 Å². The van der Waals surface area contributed by atoms with Crippen molar-refractivity contribution >= 4 is 40.1 Å². The lowest BCUT2D eigenvalue weighted by Gasteiger charge is -2.21. The number of nitrogens with one attached hydrogen (secondary N) is 1. The van der Waals surface area contributed by atoms with Gasteiger partial charge in [-0.1, -0.05) is 23.7 Å². The number of alkyl halides is 3. The highest BCUT2D eigenvalue weighted by Crippen LogP contribution is 2.33. The number of hydrogen-bond acceptors (Lipinski definition) is 7. The van der Waals surface area contributed by atoms with Crippen LogP contribution in [-0.4, -0.2) is 43.1 Å². The molecule has 8 nitrogen and oxygen atoms in total. The van der Waals surface area contributed by atoms with E-state index in [0.29, 0.717) is 33.2 Å². The molecular weight excluding hydrogens is 577 g/mol. The first-order valence-electron chi connectivity index (χ1n) is 13.0. The van der Waals surface area contributed by atoms with E-state index < -0.39 is 24.1 Å². The topological polar surface area (TPSA) is 88.0 Å². The molecule has 1 aliphatic rings. The molecule has 1 atom stereocenters. The smallest absolute Gasteiger partial charge is 0.497 e. The number of ether oxygens (including phenoxy) is 4. The van der Waals surface area contributed by atoms with Crippen LogP contribution in [0, 0.1) is 5.92 Å². The van der Waals surface area contributed by atoms with Crippen LogP contribution in [0.15, 0.2) is 72.9 Å². The SMILES string of the molecule is COc1cc(NC(C(=O)n2ccc3ccc(OC(F)(F)F)cc32)c2ccc(Cl)cc2)cc(OCCOC(=O)C2CC2)c1. The van der Waals surface area contributed by atoms with E-state index >= 15 is 0 Å². The predicted octanol–water partition coefficient (Wildman–Crippen LogP) is 7.03. The molecule has 220 valence electrons. The molecule has 0 bridgehead atoms. The third-order valence-corrected chi connectivity index (χ3v) is 6.77. The number of benzene rings is 3. The summed E-state index contributed by atoms with van der Waals surface area (Å²) in [7, 11) is 1.48. The molecule has 42 heavy (non-hydrogen) atoms. The van der Waals surface area contributed by atoms with Gasteiger partial charge in [0, 0.05) is 46.6 Å². The zero-order valence-corrected chi connectivity index (χ0v) is 23.1. The van der Waals surface area contributed by atoms with Crippen molar-refractivity contribution in [3.05, 3.63) is 83.5 Å². The first-order chi connectivity index (χ1) is 20.1. The highest BCUT2D eigenvalue weighted by Gasteiger charge is 2.32. The number of halogens is 4. The molecule has 1 unspecified atom stereocenters. The minimum absolute atomic E-state index is 0.0128. The van der Waals surface area contributed by atoms with Crippen LogP contribution in [0.2, 0.25) is 5.02 Å². The summed E-state index contributed by atoms with van der Waals surface area (Å²) >= 11 is 6.08. The molecule has 1 N–H and O–H groups in total. The highest BCUT2D eigenvalue weighted by molar-refractivity contribution is 6.30. The number of fused-ring (bicyclic) bond motifs is 1. The van der Waals surface area contributed by atoms with Crippen LogP contribution in [0.5, 0.6) is 17.2 Å². The van der Waals surface area contributed by atoms with E-state index in [4.69, 9.17) is 25.8 Å². The Balaban J connectivity index is 1.42. The predicted molar refractivity (Wildman–Crippen MR) is 149 cm³/mol. The van der Waals surface area contributed by atoms with Gasteiger partial charge in [0.05, 0.1) is 18.5 Å². The number of methoxy groups -OCH3 is 1. The van der Waals surface area contributed by atoms with Gasteiger partial charge in [0.1, 0.15) is 36.5 Å². The fourth-order valence-electron chi connectivity index (χ4n) is 4.34. The van der Waals surface area contributed by atoms with Gasteiger partial charge < -0.3 is 24.3 Å². The van der Waals surface area contributed by atoms with Crippen LogP contribution >= 0.6 is 11.6 Å². The Hall–Kier alpha value is -4.38. The summed E-state index contributed by atoms with van der Waals surface area (Å²) in [6.45, 7) is 0.199. The Morgan fingerprint density at radius 2 is 1.71 bits per heavy atom. The number of anilines is 1. The van der Waals surface area contributed by atoms with Gasteiger partial charge >= 0.3 is 12.3 Å². The maximum atomic E-state index is 14.0. The summed E-state index contributed by atoms with van der Waals surface area (Å²) in [5.41, 5.74) is 1.24. The normalized spacial score (nSPS) is 13.8. The summed E-state index contributed by atoms with van der Waals surface area (Å²) in [5, 5.41) is 4.21. The second-order valence-electron chi connectivity index (χ2n) is 9.61. The fourth-order valence-corrected chi connectivity index (χ4v) is 4.47. The number of rotatable bonds is 11. The third-order valence-electron chi connectivity index (χ3n) is 6.52. The second-order valence-corrected chi connectivity index (χ2v) is 10.0. The van der Waals surface area contributed by atoms with E-state index in [1.54, 1.807) is 48.5 Å². The van der Waals surface area contributed by atoms with Crippen LogP contribution in [0.4, 0.5) is 18.9 Å². The van der Waals surface area contributed by atoms with Crippen molar-refractivity contribution in [3.63, 3.8) is 0 Å². The second kappa shape index (κ2) is 12.2. The molecule has 5 rings (SSSR count). The lowest BCUT2D eigenvalue weighted by molar-refractivity contribution is -0.274. The maximum Gasteiger partial charge on any atom is 0.573 e. The van der Waals surface area contributed by atoms with Crippen LogP contribution in [0.25, 0.3) is 10.9 Å². The van der Waals surface area contributed by atoms with E-state index in [1.807, 2.05) is 0 Å². The molecule has 0 spiro atoms. The molecule has 0 saturated heterocycles. The zero-order valence-electron chi connectivity index (χ0n) is 22.3. The van der Waals surface area contributed by atoms with Gasteiger partial charge in [0.15, 0.2) is 0 Å². The molecule has 0 aliphatic heterocycles. The quantitative estimate of drug-likeness (QED) is 0.146.